The quantitative estimate of drug-likeness (QED) is 0.298. The minimum Gasteiger partial charge on any atom is -0.357 e. The van der Waals surface area contributed by atoms with Crippen LogP contribution in [0.5, 0.6) is 0 Å². The summed E-state index contributed by atoms with van der Waals surface area (Å²) in [5, 5.41) is 6.56. The molecular formula is C17H30FIN4. The summed E-state index contributed by atoms with van der Waals surface area (Å²) in [5.74, 6) is 0.605. The third kappa shape index (κ3) is 8.50. The molecule has 2 N–H and O–H groups in total. The van der Waals surface area contributed by atoms with E-state index in [1.165, 1.54) is 0 Å². The van der Waals surface area contributed by atoms with E-state index < -0.39 is 0 Å². The molecular weight excluding hydrogens is 406 g/mol. The van der Waals surface area contributed by atoms with Crippen LogP contribution in [0.3, 0.4) is 0 Å². The first-order valence-corrected chi connectivity index (χ1v) is 7.89. The first-order valence-electron chi connectivity index (χ1n) is 7.89. The Bertz CT molecular complexity index is 491. The van der Waals surface area contributed by atoms with E-state index in [0.29, 0.717) is 5.56 Å². The highest BCUT2D eigenvalue weighted by Gasteiger charge is 2.09. The van der Waals surface area contributed by atoms with Crippen LogP contribution in [0.1, 0.15) is 37.4 Å². The molecule has 0 bridgehead atoms. The van der Waals surface area contributed by atoms with Crippen molar-refractivity contribution in [2.24, 2.45) is 4.99 Å². The smallest absolute Gasteiger partial charge is 0.191 e. The number of aryl methyl sites for hydroxylation is 1. The molecule has 0 radical (unpaired) electrons. The van der Waals surface area contributed by atoms with Gasteiger partial charge in [0.25, 0.3) is 0 Å². The van der Waals surface area contributed by atoms with Gasteiger partial charge in [0.2, 0.25) is 0 Å². The highest BCUT2D eigenvalue weighted by molar-refractivity contribution is 14.0. The number of rotatable bonds is 7. The van der Waals surface area contributed by atoms with Crippen LogP contribution in [-0.4, -0.2) is 44.6 Å². The Morgan fingerprint density at radius 3 is 2.61 bits per heavy atom. The number of hydrogen-bond donors (Lipinski definition) is 2. The Balaban J connectivity index is 0.00000484. The van der Waals surface area contributed by atoms with Crippen LogP contribution >= 0.6 is 24.0 Å². The van der Waals surface area contributed by atoms with Gasteiger partial charge in [-0.15, -0.1) is 24.0 Å². The van der Waals surface area contributed by atoms with E-state index in [9.17, 15) is 4.39 Å². The summed E-state index contributed by atoms with van der Waals surface area (Å²) in [6.07, 6.45) is 1.01. The summed E-state index contributed by atoms with van der Waals surface area (Å²) in [5.41, 5.74) is 1.59. The highest BCUT2D eigenvalue weighted by Crippen LogP contribution is 2.16. The van der Waals surface area contributed by atoms with E-state index in [-0.39, 0.29) is 35.8 Å². The summed E-state index contributed by atoms with van der Waals surface area (Å²) in [6, 6.07) is 5.35. The minimum absolute atomic E-state index is 0. The molecule has 1 unspecified atom stereocenters. The molecule has 1 rings (SSSR count). The van der Waals surface area contributed by atoms with Gasteiger partial charge in [0, 0.05) is 13.1 Å². The van der Waals surface area contributed by atoms with Crippen molar-refractivity contribution in [3.05, 3.63) is 35.1 Å². The number of hydrogen-bond acceptors (Lipinski definition) is 2. The van der Waals surface area contributed by atoms with Crippen molar-refractivity contribution in [1.29, 1.82) is 0 Å². The van der Waals surface area contributed by atoms with Gasteiger partial charge in [-0.2, -0.15) is 0 Å². The molecule has 0 spiro atoms. The minimum atomic E-state index is -0.168. The SMILES string of the molecule is CCNC(=NCCCN(C)C)NC(C)c1ccc(C)c(F)c1.I. The molecule has 0 amide bonds. The summed E-state index contributed by atoms with van der Waals surface area (Å²) >= 11 is 0. The molecule has 0 saturated carbocycles. The van der Waals surface area contributed by atoms with Crippen LogP contribution in [0, 0.1) is 12.7 Å². The summed E-state index contributed by atoms with van der Waals surface area (Å²) in [4.78, 5) is 6.71. The fourth-order valence-corrected chi connectivity index (χ4v) is 2.06. The maximum absolute atomic E-state index is 13.7. The molecule has 1 aromatic carbocycles. The molecule has 0 aromatic heterocycles. The molecule has 0 saturated heterocycles. The van der Waals surface area contributed by atoms with E-state index in [1.54, 1.807) is 13.0 Å². The first-order chi connectivity index (χ1) is 10.4. The van der Waals surface area contributed by atoms with Gasteiger partial charge >= 0.3 is 0 Å². The fourth-order valence-electron chi connectivity index (χ4n) is 2.06. The topological polar surface area (TPSA) is 39.7 Å². The Morgan fingerprint density at radius 1 is 1.35 bits per heavy atom. The third-order valence-electron chi connectivity index (χ3n) is 3.43. The van der Waals surface area contributed by atoms with Gasteiger partial charge in [-0.1, -0.05) is 12.1 Å². The van der Waals surface area contributed by atoms with Crippen LogP contribution in [0.15, 0.2) is 23.2 Å². The standard InChI is InChI=1S/C17H29FN4.HI/c1-6-19-17(20-10-7-11-22(4)5)21-14(3)15-9-8-13(2)16(18)12-15;/h8-9,12,14H,6-7,10-11H2,1-5H3,(H2,19,20,21);1H. The van der Waals surface area contributed by atoms with Crippen molar-refractivity contribution >= 4 is 29.9 Å². The van der Waals surface area contributed by atoms with E-state index in [2.05, 4.69) is 34.6 Å². The molecule has 1 atom stereocenters. The average Bonchev–Trinajstić information content (AvgIpc) is 2.46. The lowest BCUT2D eigenvalue weighted by Gasteiger charge is -2.18. The summed E-state index contributed by atoms with van der Waals surface area (Å²) in [7, 11) is 4.11. The maximum Gasteiger partial charge on any atom is 0.191 e. The number of guanidine groups is 1. The fraction of sp³-hybridized carbons (Fsp3) is 0.588. The zero-order valence-electron chi connectivity index (χ0n) is 14.8. The summed E-state index contributed by atoms with van der Waals surface area (Å²) in [6.45, 7) is 8.40. The normalized spacial score (nSPS) is 12.7. The molecule has 1 aromatic rings. The van der Waals surface area contributed by atoms with Crippen LogP contribution in [0.4, 0.5) is 4.39 Å². The van der Waals surface area contributed by atoms with Gasteiger partial charge in [-0.3, -0.25) is 4.99 Å². The lowest BCUT2D eigenvalue weighted by Crippen LogP contribution is -2.39. The van der Waals surface area contributed by atoms with Crippen molar-refractivity contribution in [2.75, 3.05) is 33.7 Å². The van der Waals surface area contributed by atoms with Crippen molar-refractivity contribution in [1.82, 2.24) is 15.5 Å². The second-order valence-electron chi connectivity index (χ2n) is 5.79. The molecule has 0 aliphatic rings. The second kappa shape index (κ2) is 11.6. The van der Waals surface area contributed by atoms with Gasteiger partial charge in [-0.05, 0) is 65.0 Å². The monoisotopic (exact) mass is 436 g/mol. The molecule has 0 aliphatic carbocycles. The van der Waals surface area contributed by atoms with Crippen molar-refractivity contribution < 1.29 is 4.39 Å². The summed E-state index contributed by atoms with van der Waals surface area (Å²) < 4.78 is 13.7. The largest absolute Gasteiger partial charge is 0.357 e. The van der Waals surface area contributed by atoms with E-state index in [4.69, 9.17) is 0 Å². The molecule has 23 heavy (non-hydrogen) atoms. The Kier molecular flexibility index (Phi) is 11.2. The third-order valence-corrected chi connectivity index (χ3v) is 3.43. The van der Waals surface area contributed by atoms with Crippen LogP contribution in [0.25, 0.3) is 0 Å². The number of aliphatic imine (C=N–C) groups is 1. The lowest BCUT2D eigenvalue weighted by atomic mass is 10.1. The van der Waals surface area contributed by atoms with Gasteiger partial charge in [0.15, 0.2) is 5.96 Å². The van der Waals surface area contributed by atoms with Crippen LogP contribution < -0.4 is 10.6 Å². The predicted molar refractivity (Wildman–Crippen MR) is 107 cm³/mol. The van der Waals surface area contributed by atoms with E-state index >= 15 is 0 Å². The molecule has 4 nitrogen and oxygen atoms in total. The van der Waals surface area contributed by atoms with Gasteiger partial charge in [0.1, 0.15) is 5.82 Å². The van der Waals surface area contributed by atoms with Crippen LogP contribution in [-0.2, 0) is 0 Å². The molecule has 132 valence electrons. The maximum atomic E-state index is 13.7. The van der Waals surface area contributed by atoms with Gasteiger partial charge in [-0.25, -0.2) is 4.39 Å². The van der Waals surface area contributed by atoms with Crippen molar-refractivity contribution in [3.8, 4) is 0 Å². The number of benzene rings is 1. The molecule has 0 fully saturated rings. The van der Waals surface area contributed by atoms with Crippen molar-refractivity contribution in [2.45, 2.75) is 33.2 Å². The average molecular weight is 436 g/mol. The number of nitrogens with one attached hydrogen (secondary N) is 2. The zero-order valence-corrected chi connectivity index (χ0v) is 17.1. The van der Waals surface area contributed by atoms with Gasteiger partial charge < -0.3 is 15.5 Å². The Hall–Kier alpha value is -0.890. The zero-order chi connectivity index (χ0) is 16.5. The van der Waals surface area contributed by atoms with Crippen molar-refractivity contribution in [3.63, 3.8) is 0 Å². The Morgan fingerprint density at radius 2 is 2.04 bits per heavy atom. The Labute approximate surface area is 157 Å². The van der Waals surface area contributed by atoms with Crippen LogP contribution in [0.2, 0.25) is 0 Å². The lowest BCUT2D eigenvalue weighted by molar-refractivity contribution is 0.403. The second-order valence-corrected chi connectivity index (χ2v) is 5.79. The predicted octanol–water partition coefficient (Wildman–Crippen LogP) is 3.32. The molecule has 6 heteroatoms. The van der Waals surface area contributed by atoms with E-state index in [1.807, 2.05) is 26.0 Å². The highest BCUT2D eigenvalue weighted by atomic mass is 127. The molecule has 0 aliphatic heterocycles. The number of halogens is 2. The number of nitrogens with zero attached hydrogens (tertiary/aromatic N) is 2. The van der Waals surface area contributed by atoms with Gasteiger partial charge in [0.05, 0.1) is 6.04 Å². The van der Waals surface area contributed by atoms with E-state index in [0.717, 1.165) is 37.6 Å². The molecule has 0 heterocycles. The first kappa shape index (κ1) is 22.1.